The number of ether oxygens (including phenoxy) is 2. The van der Waals surface area contributed by atoms with Gasteiger partial charge < -0.3 is 14.8 Å². The molecule has 96 valence electrons. The van der Waals surface area contributed by atoms with Crippen molar-refractivity contribution in [1.29, 1.82) is 0 Å². The van der Waals surface area contributed by atoms with Gasteiger partial charge in [-0.05, 0) is 37.6 Å². The Bertz CT molecular complexity index is 337. The van der Waals surface area contributed by atoms with Crippen molar-refractivity contribution in [3.8, 4) is 11.5 Å². The minimum atomic E-state index is 0.649. The average molecular weight is 237 g/mol. The molecule has 1 aromatic carbocycles. The fraction of sp³-hybridized carbons (Fsp3) is 0.571. The van der Waals surface area contributed by atoms with Crippen LogP contribution in [0, 0.1) is 5.92 Å². The summed E-state index contributed by atoms with van der Waals surface area (Å²) >= 11 is 0. The smallest absolute Gasteiger partial charge is 0.124 e. The van der Waals surface area contributed by atoms with Crippen molar-refractivity contribution >= 4 is 0 Å². The van der Waals surface area contributed by atoms with Gasteiger partial charge in [0.2, 0.25) is 0 Å². The quantitative estimate of drug-likeness (QED) is 0.791. The van der Waals surface area contributed by atoms with Crippen LogP contribution < -0.4 is 14.8 Å². The second kappa shape index (κ2) is 7.17. The first-order valence-corrected chi connectivity index (χ1v) is 6.17. The molecule has 0 heterocycles. The highest BCUT2D eigenvalue weighted by Gasteiger charge is 2.05. The van der Waals surface area contributed by atoms with Crippen molar-refractivity contribution in [1.82, 2.24) is 5.32 Å². The van der Waals surface area contributed by atoms with Gasteiger partial charge in [-0.1, -0.05) is 13.8 Å². The molecule has 17 heavy (non-hydrogen) atoms. The van der Waals surface area contributed by atoms with E-state index in [0.717, 1.165) is 30.2 Å². The molecule has 3 nitrogen and oxygen atoms in total. The predicted molar refractivity (Wildman–Crippen MR) is 70.7 cm³/mol. The van der Waals surface area contributed by atoms with Crippen LogP contribution >= 0.6 is 0 Å². The summed E-state index contributed by atoms with van der Waals surface area (Å²) < 4.78 is 10.8. The van der Waals surface area contributed by atoms with Crippen LogP contribution in [0.1, 0.15) is 26.3 Å². The highest BCUT2D eigenvalue weighted by molar-refractivity contribution is 5.40. The van der Waals surface area contributed by atoms with Gasteiger partial charge >= 0.3 is 0 Å². The fourth-order valence-electron chi connectivity index (χ4n) is 1.61. The lowest BCUT2D eigenvalue weighted by Crippen LogP contribution is -2.19. The summed E-state index contributed by atoms with van der Waals surface area (Å²) in [5, 5.41) is 3.42. The van der Waals surface area contributed by atoms with E-state index in [4.69, 9.17) is 9.47 Å². The molecular formula is C14H23NO2. The summed E-state index contributed by atoms with van der Waals surface area (Å²) in [5.74, 6) is 2.45. The van der Waals surface area contributed by atoms with Crippen molar-refractivity contribution in [3.05, 3.63) is 23.8 Å². The van der Waals surface area contributed by atoms with Crippen LogP contribution in [0.25, 0.3) is 0 Å². The molecule has 0 amide bonds. The van der Waals surface area contributed by atoms with Crippen LogP contribution in [-0.4, -0.2) is 20.3 Å². The number of benzene rings is 1. The van der Waals surface area contributed by atoms with Crippen LogP contribution in [0.15, 0.2) is 18.2 Å². The van der Waals surface area contributed by atoms with Gasteiger partial charge in [0.05, 0.1) is 13.7 Å². The second-order valence-electron chi connectivity index (χ2n) is 4.43. The summed E-state index contributed by atoms with van der Waals surface area (Å²) in [7, 11) is 1.68. The van der Waals surface area contributed by atoms with E-state index in [1.165, 1.54) is 0 Å². The maximum atomic E-state index is 5.60. The van der Waals surface area contributed by atoms with Crippen molar-refractivity contribution < 1.29 is 9.47 Å². The number of nitrogens with one attached hydrogen (secondary N) is 1. The van der Waals surface area contributed by atoms with Gasteiger partial charge in [-0.2, -0.15) is 0 Å². The van der Waals surface area contributed by atoms with Gasteiger partial charge in [-0.25, -0.2) is 0 Å². The Labute approximate surface area is 104 Å². The Morgan fingerprint density at radius 1 is 1.29 bits per heavy atom. The Kier molecular flexibility index (Phi) is 5.84. The van der Waals surface area contributed by atoms with Crippen molar-refractivity contribution in [2.45, 2.75) is 27.3 Å². The Balaban J connectivity index is 2.70. The minimum absolute atomic E-state index is 0.649. The number of rotatable bonds is 7. The number of hydrogen-bond donors (Lipinski definition) is 1. The maximum Gasteiger partial charge on any atom is 0.124 e. The van der Waals surface area contributed by atoms with Crippen molar-refractivity contribution in [2.75, 3.05) is 20.3 Å². The molecule has 0 spiro atoms. The van der Waals surface area contributed by atoms with E-state index in [-0.39, 0.29) is 0 Å². The lowest BCUT2D eigenvalue weighted by atomic mass is 10.1. The molecule has 0 aliphatic carbocycles. The monoisotopic (exact) mass is 237 g/mol. The normalized spacial score (nSPS) is 10.6. The molecular weight excluding hydrogens is 214 g/mol. The zero-order valence-electron chi connectivity index (χ0n) is 11.2. The zero-order chi connectivity index (χ0) is 12.7. The summed E-state index contributed by atoms with van der Waals surface area (Å²) in [6.07, 6.45) is 0. The highest BCUT2D eigenvalue weighted by Crippen LogP contribution is 2.24. The molecule has 0 bridgehead atoms. The minimum Gasteiger partial charge on any atom is -0.497 e. The third-order valence-electron chi connectivity index (χ3n) is 2.44. The summed E-state index contributed by atoms with van der Waals surface area (Å²) in [4.78, 5) is 0. The van der Waals surface area contributed by atoms with Crippen molar-refractivity contribution in [3.63, 3.8) is 0 Å². The third-order valence-corrected chi connectivity index (χ3v) is 2.44. The van der Waals surface area contributed by atoms with E-state index in [2.05, 4.69) is 19.2 Å². The van der Waals surface area contributed by atoms with Crippen LogP contribution in [0.3, 0.4) is 0 Å². The van der Waals surface area contributed by atoms with Crippen LogP contribution in [0.4, 0.5) is 0 Å². The predicted octanol–water partition coefficient (Wildman–Crippen LogP) is 2.84. The topological polar surface area (TPSA) is 30.5 Å². The molecule has 1 aromatic rings. The van der Waals surface area contributed by atoms with Crippen LogP contribution in [-0.2, 0) is 6.54 Å². The van der Waals surface area contributed by atoms with E-state index in [0.29, 0.717) is 12.5 Å². The maximum absolute atomic E-state index is 5.60. The van der Waals surface area contributed by atoms with Crippen molar-refractivity contribution in [2.24, 2.45) is 5.92 Å². The molecule has 0 aliphatic heterocycles. The molecule has 0 unspecified atom stereocenters. The van der Waals surface area contributed by atoms with E-state index in [9.17, 15) is 0 Å². The SMILES string of the molecule is CCOc1ccc(OC)cc1CNCC(C)C. The van der Waals surface area contributed by atoms with Gasteiger partial charge in [0.25, 0.3) is 0 Å². The molecule has 0 fully saturated rings. The standard InChI is InChI=1S/C14H23NO2/c1-5-17-14-7-6-13(16-4)8-12(14)10-15-9-11(2)3/h6-8,11,15H,5,9-10H2,1-4H3. The first-order chi connectivity index (χ1) is 8.17. The largest absolute Gasteiger partial charge is 0.497 e. The third kappa shape index (κ3) is 4.65. The molecule has 0 aliphatic rings. The van der Waals surface area contributed by atoms with E-state index in [1.54, 1.807) is 7.11 Å². The molecule has 0 radical (unpaired) electrons. The van der Waals surface area contributed by atoms with E-state index in [1.807, 2.05) is 25.1 Å². The molecule has 1 N–H and O–H groups in total. The molecule has 0 atom stereocenters. The summed E-state index contributed by atoms with van der Waals surface area (Å²) in [5.41, 5.74) is 1.15. The number of hydrogen-bond acceptors (Lipinski definition) is 3. The van der Waals surface area contributed by atoms with Gasteiger partial charge in [-0.15, -0.1) is 0 Å². The Hall–Kier alpha value is -1.22. The lowest BCUT2D eigenvalue weighted by molar-refractivity contribution is 0.333. The van der Waals surface area contributed by atoms with E-state index >= 15 is 0 Å². The van der Waals surface area contributed by atoms with Gasteiger partial charge in [-0.3, -0.25) is 0 Å². The molecule has 1 rings (SSSR count). The molecule has 0 saturated heterocycles. The molecule has 0 saturated carbocycles. The first-order valence-electron chi connectivity index (χ1n) is 6.17. The Morgan fingerprint density at radius 3 is 2.65 bits per heavy atom. The summed E-state index contributed by atoms with van der Waals surface area (Å²) in [6.45, 7) is 8.89. The average Bonchev–Trinajstić information content (AvgIpc) is 2.31. The molecule has 3 heteroatoms. The summed E-state index contributed by atoms with van der Waals surface area (Å²) in [6, 6.07) is 5.92. The first kappa shape index (κ1) is 13.8. The van der Waals surface area contributed by atoms with Gasteiger partial charge in [0, 0.05) is 12.1 Å². The second-order valence-corrected chi connectivity index (χ2v) is 4.43. The van der Waals surface area contributed by atoms with Gasteiger partial charge in [0.15, 0.2) is 0 Å². The number of methoxy groups -OCH3 is 1. The highest BCUT2D eigenvalue weighted by atomic mass is 16.5. The van der Waals surface area contributed by atoms with Gasteiger partial charge in [0.1, 0.15) is 11.5 Å². The lowest BCUT2D eigenvalue weighted by Gasteiger charge is -2.13. The van der Waals surface area contributed by atoms with E-state index < -0.39 is 0 Å². The Morgan fingerprint density at radius 2 is 2.06 bits per heavy atom. The zero-order valence-corrected chi connectivity index (χ0v) is 11.2. The van der Waals surface area contributed by atoms with Crippen LogP contribution in [0.5, 0.6) is 11.5 Å². The fourth-order valence-corrected chi connectivity index (χ4v) is 1.61. The molecule has 0 aromatic heterocycles. The van der Waals surface area contributed by atoms with Crippen LogP contribution in [0.2, 0.25) is 0 Å².